The van der Waals surface area contributed by atoms with Crippen molar-refractivity contribution in [2.75, 3.05) is 6.54 Å². The number of carbonyl (C=O) groups is 1. The van der Waals surface area contributed by atoms with Crippen molar-refractivity contribution in [3.63, 3.8) is 0 Å². The summed E-state index contributed by atoms with van der Waals surface area (Å²) in [4.78, 5) is 10.7. The highest BCUT2D eigenvalue weighted by Crippen LogP contribution is 1.81. The zero-order valence-corrected chi connectivity index (χ0v) is 6.98. The molecule has 0 aromatic carbocycles. The van der Waals surface area contributed by atoms with E-state index in [-0.39, 0.29) is 11.9 Å². The number of nitrogens with one attached hydrogen (secondary N) is 1. The van der Waals surface area contributed by atoms with Crippen molar-refractivity contribution < 1.29 is 4.79 Å². The molecule has 3 N–H and O–H groups in total. The van der Waals surface area contributed by atoms with Crippen molar-refractivity contribution in [3.05, 3.63) is 0 Å². The second-order valence-corrected chi connectivity index (χ2v) is 2.40. The molecule has 62 valence electrons. The first-order valence-electron chi connectivity index (χ1n) is 3.63. The molecule has 0 radical (unpaired) electrons. The Hall–Kier alpha value is -1.01. The number of rotatable bonds is 3. The number of amides is 1. The zero-order valence-electron chi connectivity index (χ0n) is 6.98. The predicted molar refractivity (Wildman–Crippen MR) is 44.7 cm³/mol. The lowest BCUT2D eigenvalue weighted by molar-refractivity contribution is -0.115. The fourth-order valence-electron chi connectivity index (χ4n) is 0.571. The van der Waals surface area contributed by atoms with E-state index in [1.165, 1.54) is 0 Å². The summed E-state index contributed by atoms with van der Waals surface area (Å²) < 4.78 is 0. The highest BCUT2D eigenvalue weighted by molar-refractivity contribution is 5.93. The maximum absolute atomic E-state index is 10.7. The molecule has 0 bridgehead atoms. The molecule has 1 amide bonds. The lowest BCUT2D eigenvalue weighted by atomic mass is 10.2. The van der Waals surface area contributed by atoms with Crippen molar-refractivity contribution in [1.82, 2.24) is 5.32 Å². The maximum Gasteiger partial charge on any atom is 0.295 e. The lowest BCUT2D eigenvalue weighted by Gasteiger charge is -2.03. The first-order chi connectivity index (χ1) is 5.16. The average Bonchev–Trinajstić information content (AvgIpc) is 1.87. The molecule has 0 aromatic rings. The quantitative estimate of drug-likeness (QED) is 0.556. The van der Waals surface area contributed by atoms with Gasteiger partial charge in [-0.2, -0.15) is 0 Å². The van der Waals surface area contributed by atoms with Crippen LogP contribution in [0.2, 0.25) is 0 Å². The minimum Gasteiger partial charge on any atom is -0.345 e. The van der Waals surface area contributed by atoms with Crippen LogP contribution in [0.1, 0.15) is 20.3 Å². The minimum absolute atomic E-state index is 0.130. The molecule has 0 rings (SSSR count). The monoisotopic (exact) mass is 154 g/mol. The van der Waals surface area contributed by atoms with Crippen LogP contribution in [0.3, 0.4) is 0 Å². The average molecular weight is 154 g/mol. The van der Waals surface area contributed by atoms with Crippen LogP contribution in [0.25, 0.3) is 0 Å². The molecule has 0 fully saturated rings. The van der Waals surface area contributed by atoms with E-state index in [0.29, 0.717) is 6.54 Å². The Balaban J connectivity index is 3.37. The molecular formula is C8H14N2O. The van der Waals surface area contributed by atoms with E-state index in [1.54, 1.807) is 6.92 Å². The van der Waals surface area contributed by atoms with Gasteiger partial charge >= 0.3 is 0 Å². The highest BCUT2D eigenvalue weighted by Gasteiger charge is 1.95. The Morgan fingerprint density at radius 2 is 2.36 bits per heavy atom. The van der Waals surface area contributed by atoms with Crippen LogP contribution >= 0.6 is 0 Å². The van der Waals surface area contributed by atoms with Crippen LogP contribution in [0.5, 0.6) is 0 Å². The number of carbonyl (C=O) groups excluding carboxylic acids is 1. The topological polar surface area (TPSA) is 55.1 Å². The molecule has 1 unspecified atom stereocenters. The van der Waals surface area contributed by atoms with Crippen molar-refractivity contribution in [1.29, 1.82) is 0 Å². The first-order valence-corrected chi connectivity index (χ1v) is 3.63. The number of nitrogens with two attached hydrogens (primary N) is 1. The van der Waals surface area contributed by atoms with Crippen LogP contribution in [0, 0.1) is 11.8 Å². The zero-order chi connectivity index (χ0) is 8.69. The van der Waals surface area contributed by atoms with E-state index in [0.717, 1.165) is 6.42 Å². The van der Waals surface area contributed by atoms with E-state index in [4.69, 9.17) is 5.73 Å². The first kappa shape index (κ1) is 9.99. The normalized spacial score (nSPS) is 11.2. The van der Waals surface area contributed by atoms with Gasteiger partial charge in [0.1, 0.15) is 0 Å². The molecule has 1 atom stereocenters. The Morgan fingerprint density at radius 1 is 1.73 bits per heavy atom. The van der Waals surface area contributed by atoms with Crippen molar-refractivity contribution in [2.24, 2.45) is 5.73 Å². The van der Waals surface area contributed by atoms with Crippen molar-refractivity contribution in [3.8, 4) is 11.8 Å². The molecule has 0 heterocycles. The van der Waals surface area contributed by atoms with Gasteiger partial charge in [0.15, 0.2) is 0 Å². The van der Waals surface area contributed by atoms with E-state index in [9.17, 15) is 4.79 Å². The van der Waals surface area contributed by atoms with Gasteiger partial charge in [-0.05, 0) is 26.2 Å². The van der Waals surface area contributed by atoms with Gasteiger partial charge in [-0.3, -0.25) is 4.79 Å². The number of hydrogen-bond donors (Lipinski definition) is 2. The molecule has 11 heavy (non-hydrogen) atoms. The van der Waals surface area contributed by atoms with Gasteiger partial charge in [0, 0.05) is 12.6 Å². The van der Waals surface area contributed by atoms with Crippen LogP contribution in [-0.2, 0) is 4.79 Å². The second kappa shape index (κ2) is 5.75. The van der Waals surface area contributed by atoms with Gasteiger partial charge in [-0.25, -0.2) is 0 Å². The summed E-state index contributed by atoms with van der Waals surface area (Å²) in [7, 11) is 0. The largest absolute Gasteiger partial charge is 0.345 e. The number of hydrogen-bond acceptors (Lipinski definition) is 2. The summed E-state index contributed by atoms with van der Waals surface area (Å²) in [6.07, 6.45) is 0.789. The molecule has 0 aliphatic carbocycles. The van der Waals surface area contributed by atoms with Crippen LogP contribution in [0.15, 0.2) is 0 Å². The summed E-state index contributed by atoms with van der Waals surface area (Å²) >= 11 is 0. The molecule has 3 heteroatoms. The summed E-state index contributed by atoms with van der Waals surface area (Å²) in [6.45, 7) is 4.13. The minimum atomic E-state index is -0.229. The second-order valence-electron chi connectivity index (χ2n) is 2.40. The standard InChI is InChI=1S/C8H14N2O/c1-3-4-8(11)10-6-5-7(2)9/h7H,5-6,9H2,1-2H3,(H,10,11). The van der Waals surface area contributed by atoms with Gasteiger partial charge in [0.05, 0.1) is 0 Å². The SMILES string of the molecule is CC#CC(=O)NCCC(C)N. The summed E-state index contributed by atoms with van der Waals surface area (Å²) in [5.41, 5.74) is 5.47. The van der Waals surface area contributed by atoms with E-state index in [1.807, 2.05) is 6.92 Å². The predicted octanol–water partition coefficient (Wildman–Crippen LogP) is -0.137. The fourth-order valence-corrected chi connectivity index (χ4v) is 0.571. The fraction of sp³-hybridized carbons (Fsp3) is 0.625. The van der Waals surface area contributed by atoms with Crippen molar-refractivity contribution in [2.45, 2.75) is 26.3 Å². The molecule has 0 saturated carbocycles. The maximum atomic E-state index is 10.7. The Labute approximate surface area is 67.3 Å². The summed E-state index contributed by atoms with van der Waals surface area (Å²) in [5.74, 6) is 4.66. The Bertz CT molecular complexity index is 176. The summed E-state index contributed by atoms with van der Waals surface area (Å²) in [5, 5.41) is 2.62. The Kier molecular flexibility index (Phi) is 5.22. The summed E-state index contributed by atoms with van der Waals surface area (Å²) in [6, 6.07) is 0.130. The van der Waals surface area contributed by atoms with Crippen molar-refractivity contribution >= 4 is 5.91 Å². The van der Waals surface area contributed by atoms with Gasteiger partial charge in [-0.1, -0.05) is 5.92 Å². The van der Waals surface area contributed by atoms with Crippen LogP contribution < -0.4 is 11.1 Å². The smallest absolute Gasteiger partial charge is 0.295 e. The van der Waals surface area contributed by atoms with Gasteiger partial charge in [-0.15, -0.1) is 0 Å². The molecule has 3 nitrogen and oxygen atoms in total. The lowest BCUT2D eigenvalue weighted by Crippen LogP contribution is -2.27. The molecular weight excluding hydrogens is 140 g/mol. The van der Waals surface area contributed by atoms with Gasteiger partial charge in [0.25, 0.3) is 5.91 Å². The third-order valence-electron chi connectivity index (χ3n) is 1.12. The van der Waals surface area contributed by atoms with Gasteiger partial charge in [0.2, 0.25) is 0 Å². The van der Waals surface area contributed by atoms with Gasteiger partial charge < -0.3 is 11.1 Å². The molecule has 0 saturated heterocycles. The molecule has 0 aliphatic rings. The van der Waals surface area contributed by atoms with E-state index < -0.39 is 0 Å². The van der Waals surface area contributed by atoms with Crippen LogP contribution in [-0.4, -0.2) is 18.5 Å². The third-order valence-corrected chi connectivity index (χ3v) is 1.12. The molecule has 0 aromatic heterocycles. The van der Waals surface area contributed by atoms with E-state index >= 15 is 0 Å². The molecule has 0 spiro atoms. The third kappa shape index (κ3) is 6.88. The highest BCUT2D eigenvalue weighted by atomic mass is 16.1. The Morgan fingerprint density at radius 3 is 2.82 bits per heavy atom. The molecule has 0 aliphatic heterocycles. The van der Waals surface area contributed by atoms with E-state index in [2.05, 4.69) is 17.2 Å². The van der Waals surface area contributed by atoms with Crippen LogP contribution in [0.4, 0.5) is 0 Å².